The van der Waals surface area contributed by atoms with Gasteiger partial charge in [0.1, 0.15) is 11.5 Å². The summed E-state index contributed by atoms with van der Waals surface area (Å²) in [7, 11) is -2.42. The minimum Gasteiger partial charge on any atom is -0.507 e. The Bertz CT molecular complexity index is 1350. The first kappa shape index (κ1) is 20.5. The fraction of sp³-hybridized carbons (Fsp3) is 0.0870. The van der Waals surface area contributed by atoms with E-state index in [1.807, 2.05) is 13.1 Å². The molecule has 31 heavy (non-hydrogen) atoms. The molecule has 4 aromatic rings. The Morgan fingerprint density at radius 3 is 2.39 bits per heavy atom. The number of aryl methyl sites for hydroxylation is 1. The second kappa shape index (κ2) is 8.16. The molecule has 0 radical (unpaired) electrons. The Kier molecular flexibility index (Phi) is 5.39. The van der Waals surface area contributed by atoms with Crippen molar-refractivity contribution < 1.29 is 18.3 Å². The number of para-hydroxylation sites is 1. The molecule has 0 aliphatic heterocycles. The van der Waals surface area contributed by atoms with Crippen molar-refractivity contribution in [3.63, 3.8) is 0 Å². The average Bonchev–Trinajstić information content (AvgIpc) is 3.20. The summed E-state index contributed by atoms with van der Waals surface area (Å²) in [6.45, 7) is 1.88. The summed E-state index contributed by atoms with van der Waals surface area (Å²) in [6.07, 6.45) is 3.52. The van der Waals surface area contributed by atoms with Crippen LogP contribution in [-0.2, 0) is 10.0 Å². The number of imidazole rings is 1. The molecule has 8 heteroatoms. The number of anilines is 1. The molecule has 2 N–H and O–H groups in total. The van der Waals surface area contributed by atoms with Gasteiger partial charge in [-0.15, -0.1) is 0 Å². The van der Waals surface area contributed by atoms with Gasteiger partial charge >= 0.3 is 0 Å². The molecule has 1 aromatic heterocycles. The number of aromatic hydroxyl groups is 1. The molecule has 0 amide bonds. The Labute approximate surface area is 180 Å². The highest BCUT2D eigenvalue weighted by Gasteiger charge is 2.21. The lowest BCUT2D eigenvalue weighted by Gasteiger charge is -2.15. The van der Waals surface area contributed by atoms with Gasteiger partial charge in [-0.25, -0.2) is 13.4 Å². The Hall–Kier alpha value is -3.78. The molecule has 0 aliphatic rings. The van der Waals surface area contributed by atoms with Gasteiger partial charge in [0, 0.05) is 23.4 Å². The largest absolute Gasteiger partial charge is 0.507 e. The van der Waals surface area contributed by atoms with Crippen LogP contribution in [0.25, 0.3) is 16.8 Å². The molecule has 0 unspecified atom stereocenters. The van der Waals surface area contributed by atoms with Crippen LogP contribution in [-0.4, -0.2) is 30.2 Å². The van der Waals surface area contributed by atoms with Crippen molar-refractivity contribution in [1.82, 2.24) is 9.55 Å². The highest BCUT2D eigenvalue weighted by atomic mass is 32.2. The van der Waals surface area contributed by atoms with Gasteiger partial charge in [-0.2, -0.15) is 0 Å². The van der Waals surface area contributed by atoms with Crippen LogP contribution < -0.4 is 9.46 Å². The molecular formula is C23H21N3O4S. The summed E-state index contributed by atoms with van der Waals surface area (Å²) in [5.41, 5.74) is 2.79. The second-order valence-corrected chi connectivity index (χ2v) is 8.58. The second-order valence-electron chi connectivity index (χ2n) is 6.93. The molecule has 0 bridgehead atoms. The van der Waals surface area contributed by atoms with E-state index in [1.54, 1.807) is 65.5 Å². The van der Waals surface area contributed by atoms with Gasteiger partial charge < -0.3 is 14.4 Å². The number of benzene rings is 3. The maximum absolute atomic E-state index is 13.2. The van der Waals surface area contributed by atoms with Crippen LogP contribution in [0.15, 0.2) is 84.1 Å². The van der Waals surface area contributed by atoms with Crippen molar-refractivity contribution in [1.29, 1.82) is 0 Å². The summed E-state index contributed by atoms with van der Waals surface area (Å²) in [5, 5.41) is 10.2. The Balaban J connectivity index is 1.72. The quantitative estimate of drug-likeness (QED) is 0.469. The molecule has 1 heterocycles. The monoisotopic (exact) mass is 435 g/mol. The number of rotatable bonds is 6. The lowest BCUT2D eigenvalue weighted by atomic mass is 10.0. The standard InChI is InChI=1S/C23H21N3O4S/c1-16-14-26(15-24-16)20-12-11-17(13-22(20)30-2)25-31(28,29)23-10-6-4-8-19(23)18-7-3-5-9-21(18)27/h3-15,25,27H,1-2H3. The first-order chi connectivity index (χ1) is 14.9. The van der Waals surface area contributed by atoms with Gasteiger partial charge in [-0.3, -0.25) is 4.72 Å². The van der Waals surface area contributed by atoms with Crippen LogP contribution in [0.3, 0.4) is 0 Å². The van der Waals surface area contributed by atoms with Gasteiger partial charge in [-0.1, -0.05) is 36.4 Å². The number of ether oxygens (including phenoxy) is 1. The molecule has 7 nitrogen and oxygen atoms in total. The Morgan fingerprint density at radius 1 is 1.00 bits per heavy atom. The molecular weight excluding hydrogens is 414 g/mol. The van der Waals surface area contributed by atoms with Gasteiger partial charge in [0.15, 0.2) is 0 Å². The third kappa shape index (κ3) is 4.10. The van der Waals surface area contributed by atoms with Crippen molar-refractivity contribution in [2.24, 2.45) is 0 Å². The van der Waals surface area contributed by atoms with Crippen molar-refractivity contribution in [2.75, 3.05) is 11.8 Å². The lowest BCUT2D eigenvalue weighted by Crippen LogP contribution is -2.14. The number of aromatic nitrogens is 2. The van der Waals surface area contributed by atoms with Gasteiger partial charge in [0.2, 0.25) is 0 Å². The first-order valence-corrected chi connectivity index (χ1v) is 11.0. The zero-order valence-corrected chi connectivity index (χ0v) is 17.8. The molecule has 0 aliphatic carbocycles. The van der Waals surface area contributed by atoms with E-state index in [2.05, 4.69) is 9.71 Å². The smallest absolute Gasteiger partial charge is 0.262 e. The number of phenols is 1. The number of hydrogen-bond donors (Lipinski definition) is 2. The van der Waals surface area contributed by atoms with E-state index in [-0.39, 0.29) is 10.6 Å². The van der Waals surface area contributed by atoms with Crippen molar-refractivity contribution in [3.05, 3.63) is 84.9 Å². The van der Waals surface area contributed by atoms with Crippen LogP contribution in [0, 0.1) is 6.92 Å². The normalized spacial score (nSPS) is 11.3. The van der Waals surface area contributed by atoms with E-state index in [0.717, 1.165) is 11.4 Å². The van der Waals surface area contributed by atoms with Crippen LogP contribution in [0.5, 0.6) is 11.5 Å². The maximum Gasteiger partial charge on any atom is 0.262 e. The van der Waals surface area contributed by atoms with E-state index in [9.17, 15) is 13.5 Å². The topological polar surface area (TPSA) is 93.5 Å². The third-order valence-electron chi connectivity index (χ3n) is 4.79. The van der Waals surface area contributed by atoms with E-state index >= 15 is 0 Å². The predicted molar refractivity (Wildman–Crippen MR) is 119 cm³/mol. The fourth-order valence-electron chi connectivity index (χ4n) is 3.34. The van der Waals surface area contributed by atoms with E-state index in [4.69, 9.17) is 4.74 Å². The summed E-state index contributed by atoms with van der Waals surface area (Å²) < 4.78 is 36.3. The number of hydrogen-bond acceptors (Lipinski definition) is 5. The maximum atomic E-state index is 13.2. The first-order valence-electron chi connectivity index (χ1n) is 9.48. The number of methoxy groups -OCH3 is 1. The van der Waals surface area contributed by atoms with Crippen LogP contribution in [0.2, 0.25) is 0 Å². The summed E-state index contributed by atoms with van der Waals surface area (Å²) in [6, 6.07) is 18.2. The van der Waals surface area contributed by atoms with E-state index < -0.39 is 10.0 Å². The molecule has 3 aromatic carbocycles. The SMILES string of the molecule is COc1cc(NS(=O)(=O)c2ccccc2-c2ccccc2O)ccc1-n1cnc(C)c1. The van der Waals surface area contributed by atoms with Crippen molar-refractivity contribution >= 4 is 15.7 Å². The fourth-order valence-corrected chi connectivity index (χ4v) is 4.61. The van der Waals surface area contributed by atoms with Crippen LogP contribution in [0.4, 0.5) is 5.69 Å². The van der Waals surface area contributed by atoms with Crippen molar-refractivity contribution in [3.8, 4) is 28.3 Å². The number of sulfonamides is 1. The molecule has 0 atom stereocenters. The summed E-state index contributed by atoms with van der Waals surface area (Å²) in [4.78, 5) is 4.27. The minimum atomic E-state index is -3.94. The van der Waals surface area contributed by atoms with E-state index in [1.165, 1.54) is 19.2 Å². The number of phenolic OH excluding ortho intramolecular Hbond substituents is 1. The molecule has 0 fully saturated rings. The van der Waals surface area contributed by atoms with Crippen LogP contribution >= 0.6 is 0 Å². The molecule has 0 saturated heterocycles. The van der Waals surface area contributed by atoms with Gasteiger partial charge in [0.05, 0.1) is 35.4 Å². The molecule has 158 valence electrons. The highest BCUT2D eigenvalue weighted by Crippen LogP contribution is 2.35. The number of nitrogens with one attached hydrogen (secondary N) is 1. The van der Waals surface area contributed by atoms with Crippen molar-refractivity contribution in [2.45, 2.75) is 11.8 Å². The molecule has 0 saturated carbocycles. The van der Waals surface area contributed by atoms with Gasteiger partial charge in [-0.05, 0) is 31.2 Å². The predicted octanol–water partition coefficient (Wildman–Crippen LogP) is 4.36. The van der Waals surface area contributed by atoms with E-state index in [0.29, 0.717) is 22.6 Å². The Morgan fingerprint density at radius 2 is 1.71 bits per heavy atom. The summed E-state index contributed by atoms with van der Waals surface area (Å²) >= 11 is 0. The zero-order valence-electron chi connectivity index (χ0n) is 17.0. The third-order valence-corrected chi connectivity index (χ3v) is 6.23. The zero-order chi connectivity index (χ0) is 22.0. The van der Waals surface area contributed by atoms with Crippen LogP contribution in [0.1, 0.15) is 5.69 Å². The van der Waals surface area contributed by atoms with Gasteiger partial charge in [0.25, 0.3) is 10.0 Å². The average molecular weight is 436 g/mol. The minimum absolute atomic E-state index is 0.00629. The number of nitrogens with zero attached hydrogens (tertiary/aromatic N) is 2. The molecule has 0 spiro atoms. The lowest BCUT2D eigenvalue weighted by molar-refractivity contribution is 0.413. The summed E-state index contributed by atoms with van der Waals surface area (Å²) in [5.74, 6) is 0.499. The molecule has 4 rings (SSSR count). The highest BCUT2D eigenvalue weighted by molar-refractivity contribution is 7.92.